The van der Waals surface area contributed by atoms with Crippen molar-refractivity contribution < 1.29 is 19.8 Å². The first-order chi connectivity index (χ1) is 11.5. The summed E-state index contributed by atoms with van der Waals surface area (Å²) in [6, 6.07) is 0.781. The SMILES string of the molecule is CCCN(CCC)C1CCC2=NCC=C2C1.O=C(O)/C=C\C(=O)O. The molecule has 6 nitrogen and oxygen atoms in total. The van der Waals surface area contributed by atoms with Crippen LogP contribution in [0.1, 0.15) is 46.0 Å². The van der Waals surface area contributed by atoms with Crippen LogP contribution in [-0.2, 0) is 9.59 Å². The second-order valence-corrected chi connectivity index (χ2v) is 5.96. The molecule has 0 aromatic rings. The Hall–Kier alpha value is -1.95. The number of aliphatic imine (C=N–C) groups is 1. The van der Waals surface area contributed by atoms with Gasteiger partial charge in [-0.15, -0.1) is 0 Å². The largest absolute Gasteiger partial charge is 0.478 e. The van der Waals surface area contributed by atoms with E-state index in [0.29, 0.717) is 12.2 Å². The van der Waals surface area contributed by atoms with Crippen LogP contribution in [0.5, 0.6) is 0 Å². The van der Waals surface area contributed by atoms with Crippen LogP contribution < -0.4 is 0 Å². The van der Waals surface area contributed by atoms with Crippen molar-refractivity contribution in [2.24, 2.45) is 4.99 Å². The van der Waals surface area contributed by atoms with Gasteiger partial charge in [0.15, 0.2) is 0 Å². The molecule has 2 rings (SSSR count). The summed E-state index contributed by atoms with van der Waals surface area (Å²) in [5.41, 5.74) is 2.96. The molecule has 2 N–H and O–H groups in total. The van der Waals surface area contributed by atoms with Crippen LogP contribution in [-0.4, -0.2) is 58.4 Å². The molecule has 1 aliphatic heterocycles. The number of hydrogen-bond donors (Lipinski definition) is 2. The molecule has 0 aromatic heterocycles. The topological polar surface area (TPSA) is 90.2 Å². The summed E-state index contributed by atoms with van der Waals surface area (Å²) >= 11 is 0. The van der Waals surface area contributed by atoms with Crippen LogP contribution >= 0.6 is 0 Å². The van der Waals surface area contributed by atoms with Crippen molar-refractivity contribution in [1.29, 1.82) is 0 Å². The van der Waals surface area contributed by atoms with Gasteiger partial charge < -0.3 is 15.1 Å². The zero-order valence-corrected chi connectivity index (χ0v) is 14.6. The van der Waals surface area contributed by atoms with Gasteiger partial charge in [-0.05, 0) is 50.8 Å². The molecule has 0 saturated heterocycles. The number of aliphatic carboxylic acids is 2. The molecule has 24 heavy (non-hydrogen) atoms. The van der Waals surface area contributed by atoms with Gasteiger partial charge >= 0.3 is 11.9 Å². The molecule has 6 heteroatoms. The normalized spacial score (nSPS) is 19.4. The summed E-state index contributed by atoms with van der Waals surface area (Å²) in [4.78, 5) is 26.3. The highest BCUT2D eigenvalue weighted by Gasteiger charge is 2.27. The highest BCUT2D eigenvalue weighted by Crippen LogP contribution is 2.28. The van der Waals surface area contributed by atoms with Gasteiger partial charge in [0.1, 0.15) is 0 Å². The minimum absolute atomic E-state index is 0.558. The van der Waals surface area contributed by atoms with E-state index in [1.165, 1.54) is 50.9 Å². The molecular formula is C18H28N2O4. The number of carbonyl (C=O) groups is 2. The average Bonchev–Trinajstić information content (AvgIpc) is 3.01. The number of fused-ring (bicyclic) bond motifs is 1. The van der Waals surface area contributed by atoms with E-state index in [4.69, 9.17) is 10.2 Å². The number of carboxylic acids is 2. The van der Waals surface area contributed by atoms with Crippen molar-refractivity contribution in [1.82, 2.24) is 4.90 Å². The minimum Gasteiger partial charge on any atom is -0.478 e. The number of carboxylic acid groups (broad SMARTS) is 2. The van der Waals surface area contributed by atoms with Gasteiger partial charge in [0.05, 0.1) is 6.54 Å². The van der Waals surface area contributed by atoms with Crippen LogP contribution in [0.3, 0.4) is 0 Å². The fourth-order valence-corrected chi connectivity index (χ4v) is 3.09. The van der Waals surface area contributed by atoms with Gasteiger partial charge in [0.2, 0.25) is 0 Å². The molecule has 2 aliphatic rings. The Bertz CT molecular complexity index is 501. The second-order valence-electron chi connectivity index (χ2n) is 5.96. The molecule has 1 unspecified atom stereocenters. The molecule has 1 atom stereocenters. The van der Waals surface area contributed by atoms with Gasteiger partial charge in [0, 0.05) is 23.9 Å². The van der Waals surface area contributed by atoms with E-state index < -0.39 is 11.9 Å². The zero-order chi connectivity index (χ0) is 17.9. The maximum atomic E-state index is 9.55. The standard InChI is InChI=1S/C14H24N2.C4H4O4/c1-3-9-16(10-4-2)13-5-6-14-12(11-13)7-8-15-14;5-3(6)1-2-4(7)8/h7,13H,3-6,8-11H2,1-2H3;1-2H,(H,5,6)(H,7,8)/b;2-1-. The number of hydrogen-bond acceptors (Lipinski definition) is 4. The molecule has 0 amide bonds. The van der Waals surface area contributed by atoms with Gasteiger partial charge in [-0.1, -0.05) is 19.9 Å². The lowest BCUT2D eigenvalue weighted by atomic mass is 9.88. The van der Waals surface area contributed by atoms with Crippen LogP contribution in [0.4, 0.5) is 0 Å². The maximum Gasteiger partial charge on any atom is 0.328 e. The molecular weight excluding hydrogens is 308 g/mol. The molecule has 0 spiro atoms. The minimum atomic E-state index is -1.26. The fraction of sp³-hybridized carbons (Fsp3) is 0.611. The Morgan fingerprint density at radius 1 is 1.21 bits per heavy atom. The molecule has 1 aliphatic carbocycles. The van der Waals surface area contributed by atoms with E-state index in [2.05, 4.69) is 29.8 Å². The Labute approximate surface area is 143 Å². The lowest BCUT2D eigenvalue weighted by Crippen LogP contribution is -2.39. The van der Waals surface area contributed by atoms with Crippen molar-refractivity contribution in [3.8, 4) is 0 Å². The van der Waals surface area contributed by atoms with E-state index >= 15 is 0 Å². The first-order valence-corrected chi connectivity index (χ1v) is 8.58. The third kappa shape index (κ3) is 7.08. The van der Waals surface area contributed by atoms with Gasteiger partial charge in [-0.2, -0.15) is 0 Å². The highest BCUT2D eigenvalue weighted by molar-refractivity contribution is 6.02. The van der Waals surface area contributed by atoms with Crippen LogP contribution in [0, 0.1) is 0 Å². The fourth-order valence-electron chi connectivity index (χ4n) is 3.09. The van der Waals surface area contributed by atoms with Crippen molar-refractivity contribution in [3.05, 3.63) is 23.8 Å². The van der Waals surface area contributed by atoms with E-state index in [0.717, 1.165) is 12.6 Å². The Morgan fingerprint density at radius 3 is 2.29 bits per heavy atom. The monoisotopic (exact) mass is 336 g/mol. The molecule has 0 radical (unpaired) electrons. The smallest absolute Gasteiger partial charge is 0.328 e. The van der Waals surface area contributed by atoms with Crippen molar-refractivity contribution >= 4 is 17.7 Å². The Morgan fingerprint density at radius 2 is 1.79 bits per heavy atom. The molecule has 0 aromatic carbocycles. The van der Waals surface area contributed by atoms with E-state index in [9.17, 15) is 9.59 Å². The summed E-state index contributed by atoms with van der Waals surface area (Å²) in [6.07, 6.45) is 9.77. The van der Waals surface area contributed by atoms with E-state index in [1.54, 1.807) is 5.57 Å². The number of nitrogens with zero attached hydrogens (tertiary/aromatic N) is 2. The molecule has 134 valence electrons. The first kappa shape index (κ1) is 20.1. The quantitative estimate of drug-likeness (QED) is 0.698. The van der Waals surface area contributed by atoms with Crippen molar-refractivity contribution in [2.75, 3.05) is 19.6 Å². The lowest BCUT2D eigenvalue weighted by Gasteiger charge is -2.34. The third-order valence-corrected chi connectivity index (χ3v) is 4.07. The second kappa shape index (κ2) is 10.8. The first-order valence-electron chi connectivity index (χ1n) is 8.58. The average molecular weight is 336 g/mol. The van der Waals surface area contributed by atoms with Crippen molar-refractivity contribution in [3.63, 3.8) is 0 Å². The van der Waals surface area contributed by atoms with Crippen molar-refractivity contribution in [2.45, 2.75) is 52.0 Å². The lowest BCUT2D eigenvalue weighted by molar-refractivity contribution is -0.134. The van der Waals surface area contributed by atoms with E-state index in [1.807, 2.05) is 0 Å². The zero-order valence-electron chi connectivity index (χ0n) is 14.6. The Balaban J connectivity index is 0.000000307. The predicted octanol–water partition coefficient (Wildman–Crippen LogP) is 2.75. The van der Waals surface area contributed by atoms with Gasteiger partial charge in [-0.25, -0.2) is 9.59 Å². The molecule has 0 bridgehead atoms. The van der Waals surface area contributed by atoms with Crippen LogP contribution in [0.15, 0.2) is 28.8 Å². The third-order valence-electron chi connectivity index (χ3n) is 4.07. The van der Waals surface area contributed by atoms with Gasteiger partial charge in [0.25, 0.3) is 0 Å². The van der Waals surface area contributed by atoms with E-state index in [-0.39, 0.29) is 0 Å². The summed E-state index contributed by atoms with van der Waals surface area (Å²) < 4.78 is 0. The number of rotatable bonds is 7. The molecule has 1 heterocycles. The summed E-state index contributed by atoms with van der Waals surface area (Å²) in [5.74, 6) is -2.51. The Kier molecular flexibility index (Phi) is 9.01. The predicted molar refractivity (Wildman–Crippen MR) is 94.6 cm³/mol. The van der Waals surface area contributed by atoms with Crippen LogP contribution in [0.2, 0.25) is 0 Å². The summed E-state index contributed by atoms with van der Waals surface area (Å²) in [7, 11) is 0. The van der Waals surface area contributed by atoms with Crippen LogP contribution in [0.25, 0.3) is 0 Å². The highest BCUT2D eigenvalue weighted by atomic mass is 16.4. The summed E-state index contributed by atoms with van der Waals surface area (Å²) in [5, 5.41) is 15.6. The molecule has 1 saturated carbocycles. The molecule has 1 fully saturated rings. The van der Waals surface area contributed by atoms with Gasteiger partial charge in [-0.3, -0.25) is 4.99 Å². The maximum absolute atomic E-state index is 9.55. The summed E-state index contributed by atoms with van der Waals surface area (Å²) in [6.45, 7) is 8.04.